The topological polar surface area (TPSA) is 110 Å². The number of fused-ring (bicyclic) bond motifs is 1. The van der Waals surface area contributed by atoms with E-state index in [2.05, 4.69) is 21.4 Å². The van der Waals surface area contributed by atoms with Crippen molar-refractivity contribution in [2.75, 3.05) is 0 Å². The van der Waals surface area contributed by atoms with Crippen molar-refractivity contribution in [1.82, 2.24) is 19.8 Å². The Morgan fingerprint density at radius 2 is 1.89 bits per heavy atom. The van der Waals surface area contributed by atoms with Crippen LogP contribution in [0.5, 0.6) is 0 Å². The lowest BCUT2D eigenvalue weighted by molar-refractivity contribution is -0.384. The zero-order valence-corrected chi connectivity index (χ0v) is 14.5. The molecule has 0 aliphatic carbocycles. The summed E-state index contributed by atoms with van der Waals surface area (Å²) in [7, 11) is 0. The number of nitro benzene ring substituents is 1. The number of rotatable bonds is 4. The Bertz CT molecular complexity index is 1200. The van der Waals surface area contributed by atoms with Crippen molar-refractivity contribution in [3.05, 3.63) is 75.3 Å². The summed E-state index contributed by atoms with van der Waals surface area (Å²) in [6.45, 7) is 0. The molecule has 0 saturated heterocycles. The molecule has 0 unspecified atom stereocenters. The lowest BCUT2D eigenvalue weighted by Gasteiger charge is -1.97. The number of nitrogens with zero attached hydrogens (tertiary/aromatic N) is 6. The van der Waals surface area contributed by atoms with E-state index in [0.717, 1.165) is 5.56 Å². The molecule has 2 aromatic heterocycles. The highest BCUT2D eigenvalue weighted by atomic mass is 32.1. The van der Waals surface area contributed by atoms with Gasteiger partial charge >= 0.3 is 0 Å². The van der Waals surface area contributed by atoms with Crippen molar-refractivity contribution >= 4 is 33.6 Å². The molecular formula is C18H10N6O2S. The summed E-state index contributed by atoms with van der Waals surface area (Å²) in [5.74, 6) is 0.598. The third-order valence-electron chi connectivity index (χ3n) is 3.79. The summed E-state index contributed by atoms with van der Waals surface area (Å²) in [5, 5.41) is 33.5. The summed E-state index contributed by atoms with van der Waals surface area (Å²) in [4.78, 5) is 10.9. The number of allylic oxidation sites excluding steroid dienone is 1. The summed E-state index contributed by atoms with van der Waals surface area (Å²) < 4.78 is 1.61. The van der Waals surface area contributed by atoms with Gasteiger partial charge in [0.05, 0.1) is 10.5 Å². The lowest BCUT2D eigenvalue weighted by Crippen LogP contribution is -1.92. The predicted octanol–water partition coefficient (Wildman–Crippen LogP) is 3.83. The molecule has 0 spiro atoms. The zero-order chi connectivity index (χ0) is 18.8. The fraction of sp³-hybridized carbons (Fsp3) is 0. The largest absolute Gasteiger partial charge is 0.269 e. The number of hydrogen-bond acceptors (Lipinski definition) is 7. The van der Waals surface area contributed by atoms with Crippen LogP contribution < -0.4 is 0 Å². The van der Waals surface area contributed by atoms with E-state index in [1.54, 1.807) is 22.7 Å². The van der Waals surface area contributed by atoms with Crippen molar-refractivity contribution in [3.63, 3.8) is 0 Å². The van der Waals surface area contributed by atoms with Gasteiger partial charge in [-0.1, -0.05) is 41.7 Å². The van der Waals surface area contributed by atoms with Crippen molar-refractivity contribution in [3.8, 4) is 17.5 Å². The third-order valence-corrected chi connectivity index (χ3v) is 4.72. The Balaban J connectivity index is 1.73. The second-order valence-corrected chi connectivity index (χ2v) is 6.47. The second-order valence-electron chi connectivity index (χ2n) is 5.51. The molecule has 0 aliphatic heterocycles. The van der Waals surface area contributed by atoms with Gasteiger partial charge in [0.2, 0.25) is 4.96 Å². The Hall–Kier alpha value is -3.90. The molecule has 0 bridgehead atoms. The van der Waals surface area contributed by atoms with Crippen LogP contribution >= 0.6 is 11.3 Å². The molecule has 8 nitrogen and oxygen atoms in total. The zero-order valence-electron chi connectivity index (χ0n) is 13.7. The molecule has 2 heterocycles. The van der Waals surface area contributed by atoms with Gasteiger partial charge in [0.1, 0.15) is 6.07 Å². The summed E-state index contributed by atoms with van der Waals surface area (Å²) in [6, 6.07) is 17.6. The van der Waals surface area contributed by atoms with E-state index in [4.69, 9.17) is 0 Å². The maximum absolute atomic E-state index is 10.7. The van der Waals surface area contributed by atoms with Crippen LogP contribution in [0.15, 0.2) is 54.6 Å². The predicted molar refractivity (Wildman–Crippen MR) is 101 cm³/mol. The van der Waals surface area contributed by atoms with Crippen LogP contribution in [0.3, 0.4) is 0 Å². The van der Waals surface area contributed by atoms with Crippen LogP contribution in [-0.2, 0) is 0 Å². The molecule has 130 valence electrons. The maximum Gasteiger partial charge on any atom is 0.269 e. The van der Waals surface area contributed by atoms with E-state index in [1.807, 2.05) is 30.3 Å². The standard InChI is InChI=1S/C18H10N6O2S/c19-11-14(10-12-6-8-15(9-7-12)24(25)26)17-22-23-16(20-21-18(23)27-17)13-4-2-1-3-5-13/h1-10H. The smallest absolute Gasteiger partial charge is 0.258 e. The molecule has 0 aliphatic rings. The molecule has 0 N–H and O–H groups in total. The minimum Gasteiger partial charge on any atom is -0.258 e. The highest BCUT2D eigenvalue weighted by Gasteiger charge is 2.15. The minimum absolute atomic E-state index is 0.00282. The quantitative estimate of drug-likeness (QED) is 0.305. The van der Waals surface area contributed by atoms with E-state index < -0.39 is 4.92 Å². The molecule has 4 aromatic rings. The van der Waals surface area contributed by atoms with Crippen LogP contribution in [-0.4, -0.2) is 24.7 Å². The first-order chi connectivity index (χ1) is 13.2. The monoisotopic (exact) mass is 374 g/mol. The van der Waals surface area contributed by atoms with Gasteiger partial charge < -0.3 is 0 Å². The average molecular weight is 374 g/mol. The summed E-state index contributed by atoms with van der Waals surface area (Å²) in [5.41, 5.74) is 1.89. The Kier molecular flexibility index (Phi) is 4.16. The Morgan fingerprint density at radius 1 is 1.15 bits per heavy atom. The van der Waals surface area contributed by atoms with Gasteiger partial charge in [0.25, 0.3) is 5.69 Å². The SMILES string of the molecule is N#CC(=Cc1ccc([N+](=O)[O-])cc1)c1nn2c(-c3ccccc3)nnc2s1. The average Bonchev–Trinajstić information content (AvgIpc) is 3.28. The van der Waals surface area contributed by atoms with Crippen LogP contribution in [0.2, 0.25) is 0 Å². The number of non-ortho nitro benzene ring substituents is 1. The second kappa shape index (κ2) is 6.78. The van der Waals surface area contributed by atoms with E-state index in [9.17, 15) is 15.4 Å². The molecule has 0 fully saturated rings. The number of nitro groups is 1. The van der Waals surface area contributed by atoms with Gasteiger partial charge in [-0.3, -0.25) is 10.1 Å². The minimum atomic E-state index is -0.466. The molecule has 0 atom stereocenters. The van der Waals surface area contributed by atoms with E-state index in [-0.39, 0.29) is 5.69 Å². The molecule has 9 heteroatoms. The molecule has 2 aromatic carbocycles. The number of benzene rings is 2. The van der Waals surface area contributed by atoms with Crippen molar-refractivity contribution in [2.45, 2.75) is 0 Å². The maximum atomic E-state index is 10.7. The van der Waals surface area contributed by atoms with Gasteiger partial charge in [0.15, 0.2) is 10.8 Å². The molecule has 27 heavy (non-hydrogen) atoms. The van der Waals surface area contributed by atoms with Gasteiger partial charge in [0, 0.05) is 17.7 Å². The van der Waals surface area contributed by atoms with Crippen molar-refractivity contribution in [2.24, 2.45) is 0 Å². The van der Waals surface area contributed by atoms with Crippen LogP contribution in [0, 0.1) is 21.4 Å². The molecule has 4 rings (SSSR count). The van der Waals surface area contributed by atoms with E-state index in [0.29, 0.717) is 26.9 Å². The first-order valence-corrected chi connectivity index (χ1v) is 8.61. The van der Waals surface area contributed by atoms with Crippen LogP contribution in [0.1, 0.15) is 10.6 Å². The highest BCUT2D eigenvalue weighted by molar-refractivity contribution is 7.17. The van der Waals surface area contributed by atoms with E-state index in [1.165, 1.54) is 23.5 Å². The van der Waals surface area contributed by atoms with Crippen molar-refractivity contribution in [1.29, 1.82) is 5.26 Å². The molecule has 0 radical (unpaired) electrons. The van der Waals surface area contributed by atoms with Crippen LogP contribution in [0.25, 0.3) is 28.0 Å². The fourth-order valence-corrected chi connectivity index (χ4v) is 3.30. The number of aromatic nitrogens is 4. The first-order valence-electron chi connectivity index (χ1n) is 7.80. The Labute approximate surface area is 156 Å². The van der Waals surface area contributed by atoms with Crippen LogP contribution in [0.4, 0.5) is 5.69 Å². The highest BCUT2D eigenvalue weighted by Crippen LogP contribution is 2.26. The Morgan fingerprint density at radius 3 is 2.56 bits per heavy atom. The van der Waals surface area contributed by atoms with Gasteiger partial charge in [-0.25, -0.2) is 0 Å². The van der Waals surface area contributed by atoms with Gasteiger partial charge in [-0.2, -0.15) is 14.9 Å². The van der Waals surface area contributed by atoms with Gasteiger partial charge in [-0.05, 0) is 23.8 Å². The number of nitriles is 1. The van der Waals surface area contributed by atoms with Gasteiger partial charge in [-0.15, -0.1) is 10.2 Å². The van der Waals surface area contributed by atoms with Crippen molar-refractivity contribution < 1.29 is 4.92 Å². The third kappa shape index (κ3) is 3.17. The lowest BCUT2D eigenvalue weighted by atomic mass is 10.1. The normalized spacial score (nSPS) is 11.4. The fourth-order valence-electron chi connectivity index (χ4n) is 2.49. The molecule has 0 amide bonds. The summed E-state index contributed by atoms with van der Waals surface area (Å²) >= 11 is 1.25. The molecule has 0 saturated carbocycles. The first kappa shape index (κ1) is 16.6. The molecular weight excluding hydrogens is 364 g/mol. The number of hydrogen-bond donors (Lipinski definition) is 0. The summed E-state index contributed by atoms with van der Waals surface area (Å²) in [6.07, 6.45) is 1.64. The van der Waals surface area contributed by atoms with E-state index >= 15 is 0 Å².